The van der Waals surface area contributed by atoms with Gasteiger partial charge in [-0.25, -0.2) is 13.2 Å². The predicted molar refractivity (Wildman–Crippen MR) is 145 cm³/mol. The molecule has 1 aliphatic carbocycles. The zero-order valence-corrected chi connectivity index (χ0v) is 22.5. The first-order valence-corrected chi connectivity index (χ1v) is 14.3. The Labute approximate surface area is 223 Å². The van der Waals surface area contributed by atoms with Crippen LogP contribution in [0.3, 0.4) is 0 Å². The number of benzene rings is 2. The molecule has 1 fully saturated rings. The van der Waals surface area contributed by atoms with Crippen molar-refractivity contribution in [3.8, 4) is 11.1 Å². The van der Waals surface area contributed by atoms with Crippen LogP contribution in [0.5, 0.6) is 0 Å². The van der Waals surface area contributed by atoms with E-state index in [1.165, 1.54) is 19.7 Å². The van der Waals surface area contributed by atoms with Crippen LogP contribution in [0.25, 0.3) is 11.1 Å². The number of likely N-dealkylation sites (N-methyl/N-ethyl adjacent to an activating group) is 1. The SMILES string of the molecule is COC(=O)c1cncc(-c2cc3c(cc2Cl)N(c2ccccc2)C[C@@H](C2CCCCC2)N(C)S3(=O)=O)c1. The van der Waals surface area contributed by atoms with Gasteiger partial charge in [0.05, 0.1) is 23.4 Å². The van der Waals surface area contributed by atoms with E-state index in [1.807, 2.05) is 30.3 Å². The quantitative estimate of drug-likeness (QED) is 0.383. The van der Waals surface area contributed by atoms with Crippen molar-refractivity contribution in [2.24, 2.45) is 5.92 Å². The number of halogens is 1. The Kier molecular flexibility index (Phi) is 7.25. The maximum Gasteiger partial charge on any atom is 0.339 e. The molecule has 2 aliphatic rings. The van der Waals surface area contributed by atoms with E-state index < -0.39 is 16.0 Å². The Morgan fingerprint density at radius 2 is 1.78 bits per heavy atom. The van der Waals surface area contributed by atoms with Crippen LogP contribution in [0.15, 0.2) is 65.8 Å². The molecule has 1 saturated carbocycles. The second kappa shape index (κ2) is 10.4. The van der Waals surface area contributed by atoms with Gasteiger partial charge in [0, 0.05) is 48.8 Å². The highest BCUT2D eigenvalue weighted by Crippen LogP contribution is 2.44. The molecule has 194 valence electrons. The Hall–Kier alpha value is -2.94. The van der Waals surface area contributed by atoms with Crippen LogP contribution >= 0.6 is 11.6 Å². The number of aromatic nitrogens is 1. The fraction of sp³-hybridized carbons (Fsp3) is 0.357. The van der Waals surface area contributed by atoms with Gasteiger partial charge >= 0.3 is 5.97 Å². The Bertz CT molecular complexity index is 1410. The van der Waals surface area contributed by atoms with Gasteiger partial charge in [-0.1, -0.05) is 49.1 Å². The fourth-order valence-electron chi connectivity index (χ4n) is 5.55. The smallest absolute Gasteiger partial charge is 0.339 e. The molecule has 0 bridgehead atoms. The highest BCUT2D eigenvalue weighted by molar-refractivity contribution is 7.89. The minimum absolute atomic E-state index is 0.176. The lowest BCUT2D eigenvalue weighted by Gasteiger charge is -2.36. The van der Waals surface area contributed by atoms with Crippen LogP contribution in [-0.4, -0.2) is 50.4 Å². The molecular formula is C28H30ClN3O4S. The number of esters is 1. The van der Waals surface area contributed by atoms with Crippen molar-refractivity contribution in [1.29, 1.82) is 0 Å². The molecule has 2 heterocycles. The van der Waals surface area contributed by atoms with Gasteiger partial charge in [0.25, 0.3) is 0 Å². The van der Waals surface area contributed by atoms with Crippen molar-refractivity contribution in [2.45, 2.75) is 43.0 Å². The molecule has 0 radical (unpaired) electrons. The third-order valence-corrected chi connectivity index (χ3v) is 9.79. The number of pyridine rings is 1. The van der Waals surface area contributed by atoms with E-state index >= 15 is 0 Å². The molecule has 0 saturated heterocycles. The van der Waals surface area contributed by atoms with Gasteiger partial charge in [-0.05, 0) is 49.1 Å². The van der Waals surface area contributed by atoms with Crippen molar-refractivity contribution >= 4 is 39.0 Å². The third kappa shape index (κ3) is 4.85. The lowest BCUT2D eigenvalue weighted by molar-refractivity contribution is 0.0600. The summed E-state index contributed by atoms with van der Waals surface area (Å²) in [4.78, 5) is 18.5. The van der Waals surface area contributed by atoms with E-state index in [0.29, 0.717) is 28.4 Å². The van der Waals surface area contributed by atoms with E-state index in [1.54, 1.807) is 35.7 Å². The second-order valence-corrected chi connectivity index (χ2v) is 12.1. The number of hydrogen-bond donors (Lipinski definition) is 0. The Balaban J connectivity index is 1.69. The van der Waals surface area contributed by atoms with E-state index in [-0.39, 0.29) is 22.4 Å². The van der Waals surface area contributed by atoms with Gasteiger partial charge in [0.2, 0.25) is 10.0 Å². The van der Waals surface area contributed by atoms with Crippen LogP contribution in [0.2, 0.25) is 5.02 Å². The molecule has 0 N–H and O–H groups in total. The predicted octanol–water partition coefficient (Wildman–Crippen LogP) is 5.91. The number of sulfonamides is 1. The molecule has 9 heteroatoms. The molecule has 0 amide bonds. The number of methoxy groups -OCH3 is 1. The number of nitrogens with zero attached hydrogens (tertiary/aromatic N) is 3. The van der Waals surface area contributed by atoms with Crippen LogP contribution < -0.4 is 4.90 Å². The summed E-state index contributed by atoms with van der Waals surface area (Å²) in [6.07, 6.45) is 8.43. The van der Waals surface area contributed by atoms with E-state index in [2.05, 4.69) is 9.88 Å². The van der Waals surface area contributed by atoms with Gasteiger partial charge in [-0.15, -0.1) is 0 Å². The molecule has 0 spiro atoms. The van der Waals surface area contributed by atoms with Crippen molar-refractivity contribution in [3.63, 3.8) is 0 Å². The molecule has 1 atom stereocenters. The van der Waals surface area contributed by atoms with Crippen LogP contribution in [0, 0.1) is 5.92 Å². The summed E-state index contributed by atoms with van der Waals surface area (Å²) in [5, 5.41) is 0.373. The number of hydrogen-bond acceptors (Lipinski definition) is 6. The largest absolute Gasteiger partial charge is 0.465 e. The zero-order chi connectivity index (χ0) is 26.2. The van der Waals surface area contributed by atoms with E-state index in [9.17, 15) is 13.2 Å². The van der Waals surface area contributed by atoms with Crippen molar-refractivity contribution in [3.05, 3.63) is 71.5 Å². The first kappa shape index (κ1) is 25.7. The number of carbonyl (C=O) groups is 1. The maximum absolute atomic E-state index is 14.1. The van der Waals surface area contributed by atoms with Crippen molar-refractivity contribution in [1.82, 2.24) is 9.29 Å². The molecule has 5 rings (SSSR count). The van der Waals surface area contributed by atoms with Crippen LogP contribution in [0.4, 0.5) is 11.4 Å². The highest BCUT2D eigenvalue weighted by Gasteiger charge is 2.41. The lowest BCUT2D eigenvalue weighted by Crippen LogP contribution is -2.46. The van der Waals surface area contributed by atoms with Crippen LogP contribution in [-0.2, 0) is 14.8 Å². The average molecular weight is 540 g/mol. The third-order valence-electron chi connectivity index (χ3n) is 7.57. The summed E-state index contributed by atoms with van der Waals surface area (Å²) in [7, 11) is -0.860. The summed E-state index contributed by atoms with van der Waals surface area (Å²) < 4.78 is 34.7. The number of rotatable bonds is 4. The molecule has 3 aromatic rings. The van der Waals surface area contributed by atoms with E-state index in [0.717, 1.165) is 31.4 Å². The first-order chi connectivity index (χ1) is 17.8. The summed E-state index contributed by atoms with van der Waals surface area (Å²) in [6.45, 7) is 0.534. The average Bonchev–Trinajstić information content (AvgIpc) is 3.01. The number of fused-ring (bicyclic) bond motifs is 1. The maximum atomic E-state index is 14.1. The normalized spacial score (nSPS) is 20.2. The Morgan fingerprint density at radius 1 is 1.05 bits per heavy atom. The minimum Gasteiger partial charge on any atom is -0.465 e. The monoisotopic (exact) mass is 539 g/mol. The zero-order valence-electron chi connectivity index (χ0n) is 20.9. The molecule has 7 nitrogen and oxygen atoms in total. The number of anilines is 2. The second-order valence-electron chi connectivity index (χ2n) is 9.69. The molecule has 1 aromatic heterocycles. The van der Waals surface area contributed by atoms with Crippen LogP contribution in [0.1, 0.15) is 42.5 Å². The molecule has 37 heavy (non-hydrogen) atoms. The van der Waals surface area contributed by atoms with Gasteiger partial charge in [0.1, 0.15) is 4.90 Å². The summed E-state index contributed by atoms with van der Waals surface area (Å²) in [5.74, 6) is -0.247. The number of ether oxygens (including phenoxy) is 1. The highest BCUT2D eigenvalue weighted by atomic mass is 35.5. The van der Waals surface area contributed by atoms with Gasteiger partial charge < -0.3 is 9.64 Å². The molecule has 0 unspecified atom stereocenters. The van der Waals surface area contributed by atoms with Crippen molar-refractivity contribution in [2.75, 3.05) is 25.6 Å². The molecule has 2 aromatic carbocycles. The Morgan fingerprint density at radius 3 is 2.49 bits per heavy atom. The fourth-order valence-corrected chi connectivity index (χ4v) is 7.42. The molecular weight excluding hydrogens is 510 g/mol. The standard InChI is InChI=1S/C28H30ClN3O4S/c1-31-26(19-9-5-3-6-10-19)18-32(22-11-7-4-8-12-22)25-15-24(29)23(14-27(25)37(31,34)35)20-13-21(17-30-16-20)28(33)36-2/h4,7-8,11-17,19,26H,3,5-6,9-10,18H2,1-2H3/t26-/m0/s1. The number of para-hydroxylation sites is 1. The molecule has 1 aliphatic heterocycles. The van der Waals surface area contributed by atoms with E-state index in [4.69, 9.17) is 16.3 Å². The number of carbonyl (C=O) groups excluding carboxylic acids is 1. The summed E-state index contributed by atoms with van der Waals surface area (Å²) in [6, 6.07) is 14.6. The van der Waals surface area contributed by atoms with Gasteiger partial charge in [-0.3, -0.25) is 4.98 Å². The summed E-state index contributed by atoms with van der Waals surface area (Å²) >= 11 is 6.80. The minimum atomic E-state index is -3.85. The first-order valence-electron chi connectivity index (χ1n) is 12.5. The lowest BCUT2D eigenvalue weighted by atomic mass is 9.83. The van der Waals surface area contributed by atoms with Crippen molar-refractivity contribution < 1.29 is 17.9 Å². The topological polar surface area (TPSA) is 79.8 Å². The van der Waals surface area contributed by atoms with Gasteiger partial charge in [0.15, 0.2) is 0 Å². The van der Waals surface area contributed by atoms with Gasteiger partial charge in [-0.2, -0.15) is 4.31 Å². The summed E-state index contributed by atoms with van der Waals surface area (Å²) in [5.41, 5.74) is 2.73.